The molecular formula is C17H34O2. The molecule has 0 radical (unpaired) electrons. The molecule has 0 unspecified atom stereocenters. The quantitative estimate of drug-likeness (QED) is 0.223. The highest BCUT2D eigenvalue weighted by Crippen LogP contribution is 2.08. The molecule has 0 aliphatic heterocycles. The fourth-order valence-electron chi connectivity index (χ4n) is 1.95. The lowest BCUT2D eigenvalue weighted by atomic mass is 10.1. The average molecular weight is 270 g/mol. The Balaban J connectivity index is 2.93. The third kappa shape index (κ3) is 17.7. The van der Waals surface area contributed by atoms with E-state index in [-0.39, 0.29) is 0 Å². The Morgan fingerprint density at radius 3 is 2.00 bits per heavy atom. The maximum atomic E-state index is 5.44. The fraction of sp³-hybridized carbons (Fsp3) is 0.882. The summed E-state index contributed by atoms with van der Waals surface area (Å²) in [4.78, 5) is 0. The highest BCUT2D eigenvalue weighted by molar-refractivity contribution is 4.79. The molecular weight excluding hydrogens is 236 g/mol. The normalized spacial score (nSPS) is 11.5. The third-order valence-electron chi connectivity index (χ3n) is 3.14. The van der Waals surface area contributed by atoms with Crippen LogP contribution in [0.1, 0.15) is 78.1 Å². The lowest BCUT2D eigenvalue weighted by Gasteiger charge is -2.05. The molecule has 0 saturated carbocycles. The van der Waals surface area contributed by atoms with E-state index in [0.29, 0.717) is 6.79 Å². The van der Waals surface area contributed by atoms with Crippen molar-refractivity contribution in [2.24, 2.45) is 0 Å². The summed E-state index contributed by atoms with van der Waals surface area (Å²) >= 11 is 0. The lowest BCUT2D eigenvalue weighted by molar-refractivity contribution is -0.0531. The van der Waals surface area contributed by atoms with Gasteiger partial charge in [0.05, 0.1) is 6.61 Å². The van der Waals surface area contributed by atoms with Crippen molar-refractivity contribution in [1.29, 1.82) is 0 Å². The van der Waals surface area contributed by atoms with Gasteiger partial charge in [-0.05, 0) is 19.3 Å². The molecule has 0 bridgehead atoms. The third-order valence-corrected chi connectivity index (χ3v) is 3.14. The van der Waals surface area contributed by atoms with Crippen molar-refractivity contribution in [3.63, 3.8) is 0 Å². The van der Waals surface area contributed by atoms with Gasteiger partial charge in [0.2, 0.25) is 0 Å². The Labute approximate surface area is 120 Å². The highest BCUT2D eigenvalue weighted by Gasteiger charge is 1.92. The van der Waals surface area contributed by atoms with E-state index in [1.807, 2.05) is 0 Å². The first-order chi connectivity index (χ1) is 9.41. The van der Waals surface area contributed by atoms with Gasteiger partial charge in [0, 0.05) is 6.61 Å². The first-order valence-electron chi connectivity index (χ1n) is 8.22. The number of hydrogen-bond donors (Lipinski definition) is 0. The first kappa shape index (κ1) is 18.7. The Morgan fingerprint density at radius 1 is 0.684 bits per heavy atom. The molecule has 0 atom stereocenters. The SMILES string of the molecule is CC/C=C/CCOCOCCCCCCCCCC. The Hall–Kier alpha value is -0.340. The highest BCUT2D eigenvalue weighted by atomic mass is 16.7. The van der Waals surface area contributed by atoms with E-state index in [1.165, 1.54) is 51.4 Å². The van der Waals surface area contributed by atoms with E-state index >= 15 is 0 Å². The summed E-state index contributed by atoms with van der Waals surface area (Å²) in [7, 11) is 0. The average Bonchev–Trinajstić information content (AvgIpc) is 2.43. The zero-order chi connectivity index (χ0) is 14.0. The van der Waals surface area contributed by atoms with Gasteiger partial charge in [0.1, 0.15) is 6.79 Å². The largest absolute Gasteiger partial charge is 0.355 e. The van der Waals surface area contributed by atoms with Gasteiger partial charge in [-0.1, -0.05) is 70.9 Å². The molecule has 0 spiro atoms. The number of allylic oxidation sites excluding steroid dienone is 1. The summed E-state index contributed by atoms with van der Waals surface area (Å²) < 4.78 is 10.8. The van der Waals surface area contributed by atoms with Crippen molar-refractivity contribution in [3.8, 4) is 0 Å². The van der Waals surface area contributed by atoms with Gasteiger partial charge in [-0.3, -0.25) is 0 Å². The van der Waals surface area contributed by atoms with E-state index in [2.05, 4.69) is 26.0 Å². The summed E-state index contributed by atoms with van der Waals surface area (Å²) in [6.07, 6.45) is 17.2. The molecule has 19 heavy (non-hydrogen) atoms. The van der Waals surface area contributed by atoms with Crippen molar-refractivity contribution in [2.45, 2.75) is 78.1 Å². The number of hydrogen-bond acceptors (Lipinski definition) is 2. The van der Waals surface area contributed by atoms with Crippen LogP contribution in [0.4, 0.5) is 0 Å². The second kappa shape index (κ2) is 17.7. The molecule has 0 aromatic rings. The molecule has 2 heteroatoms. The molecule has 2 nitrogen and oxygen atoms in total. The summed E-state index contributed by atoms with van der Waals surface area (Å²) in [5.41, 5.74) is 0. The van der Waals surface area contributed by atoms with Crippen LogP contribution < -0.4 is 0 Å². The smallest absolute Gasteiger partial charge is 0.146 e. The lowest BCUT2D eigenvalue weighted by Crippen LogP contribution is -2.02. The van der Waals surface area contributed by atoms with E-state index in [0.717, 1.165) is 26.1 Å². The maximum Gasteiger partial charge on any atom is 0.146 e. The maximum absolute atomic E-state index is 5.44. The van der Waals surface area contributed by atoms with Crippen molar-refractivity contribution in [1.82, 2.24) is 0 Å². The second-order valence-corrected chi connectivity index (χ2v) is 5.08. The van der Waals surface area contributed by atoms with E-state index < -0.39 is 0 Å². The van der Waals surface area contributed by atoms with Crippen molar-refractivity contribution in [3.05, 3.63) is 12.2 Å². The predicted molar refractivity (Wildman–Crippen MR) is 83.4 cm³/mol. The summed E-state index contributed by atoms with van der Waals surface area (Å²) in [5.74, 6) is 0. The molecule has 0 N–H and O–H groups in total. The number of rotatable bonds is 15. The van der Waals surface area contributed by atoms with Crippen LogP contribution in [-0.2, 0) is 9.47 Å². The van der Waals surface area contributed by atoms with Crippen molar-refractivity contribution >= 4 is 0 Å². The van der Waals surface area contributed by atoms with Crippen LogP contribution in [0.15, 0.2) is 12.2 Å². The molecule has 0 aliphatic carbocycles. The van der Waals surface area contributed by atoms with Crippen molar-refractivity contribution < 1.29 is 9.47 Å². The van der Waals surface area contributed by atoms with Crippen LogP contribution >= 0.6 is 0 Å². The van der Waals surface area contributed by atoms with Gasteiger partial charge in [0.25, 0.3) is 0 Å². The van der Waals surface area contributed by atoms with Crippen LogP contribution in [0.3, 0.4) is 0 Å². The van der Waals surface area contributed by atoms with E-state index in [4.69, 9.17) is 9.47 Å². The molecule has 0 aromatic carbocycles. The topological polar surface area (TPSA) is 18.5 Å². The van der Waals surface area contributed by atoms with Gasteiger partial charge in [-0.15, -0.1) is 0 Å². The van der Waals surface area contributed by atoms with Crippen LogP contribution in [0.2, 0.25) is 0 Å². The van der Waals surface area contributed by atoms with Gasteiger partial charge in [-0.2, -0.15) is 0 Å². The number of unbranched alkanes of at least 4 members (excludes halogenated alkanes) is 7. The molecule has 0 heterocycles. The molecule has 0 aliphatic rings. The van der Waals surface area contributed by atoms with Gasteiger partial charge >= 0.3 is 0 Å². The molecule has 114 valence electrons. The minimum absolute atomic E-state index is 0.455. The molecule has 0 rings (SSSR count). The Bertz CT molecular complexity index is 178. The summed E-state index contributed by atoms with van der Waals surface area (Å²) in [6, 6.07) is 0. The van der Waals surface area contributed by atoms with Crippen LogP contribution in [-0.4, -0.2) is 20.0 Å². The van der Waals surface area contributed by atoms with Crippen LogP contribution in [0.5, 0.6) is 0 Å². The summed E-state index contributed by atoms with van der Waals surface area (Å²) in [6.45, 7) is 6.48. The second-order valence-electron chi connectivity index (χ2n) is 5.08. The van der Waals surface area contributed by atoms with E-state index in [9.17, 15) is 0 Å². The predicted octanol–water partition coefficient (Wildman–Crippen LogP) is 5.47. The minimum Gasteiger partial charge on any atom is -0.355 e. The molecule has 0 saturated heterocycles. The zero-order valence-electron chi connectivity index (χ0n) is 13.2. The molecule has 0 aromatic heterocycles. The minimum atomic E-state index is 0.455. The Morgan fingerprint density at radius 2 is 1.32 bits per heavy atom. The van der Waals surface area contributed by atoms with Gasteiger partial charge < -0.3 is 9.47 Å². The van der Waals surface area contributed by atoms with E-state index in [1.54, 1.807) is 0 Å². The van der Waals surface area contributed by atoms with Crippen LogP contribution in [0.25, 0.3) is 0 Å². The fourth-order valence-corrected chi connectivity index (χ4v) is 1.95. The monoisotopic (exact) mass is 270 g/mol. The Kier molecular flexibility index (Phi) is 17.3. The zero-order valence-corrected chi connectivity index (χ0v) is 13.2. The molecule has 0 amide bonds. The van der Waals surface area contributed by atoms with Gasteiger partial charge in [-0.25, -0.2) is 0 Å². The molecule has 0 fully saturated rings. The first-order valence-corrected chi connectivity index (χ1v) is 8.22. The standard InChI is InChI=1S/C17H34O2/c1-3-5-7-9-10-11-12-14-16-19-17-18-15-13-8-6-4-2/h6,8H,3-5,7,9-17H2,1-2H3/b8-6+. The van der Waals surface area contributed by atoms with Gasteiger partial charge in [0.15, 0.2) is 0 Å². The van der Waals surface area contributed by atoms with Crippen molar-refractivity contribution in [2.75, 3.05) is 20.0 Å². The summed E-state index contributed by atoms with van der Waals surface area (Å²) in [5, 5.41) is 0. The van der Waals surface area contributed by atoms with Crippen LogP contribution in [0, 0.1) is 0 Å². The number of ether oxygens (including phenoxy) is 2.